The van der Waals surface area contributed by atoms with Crippen molar-refractivity contribution in [2.24, 2.45) is 5.92 Å². The molecule has 1 aromatic carbocycles. The Bertz CT molecular complexity index is 540. The van der Waals surface area contributed by atoms with E-state index in [1.165, 1.54) is 0 Å². The van der Waals surface area contributed by atoms with Crippen molar-refractivity contribution in [1.82, 2.24) is 10.2 Å². The fourth-order valence-electron chi connectivity index (χ4n) is 3.12. The molecule has 1 unspecified atom stereocenters. The molecule has 2 amide bonds. The van der Waals surface area contributed by atoms with Gasteiger partial charge in [-0.05, 0) is 37.0 Å². The first kappa shape index (κ1) is 17.8. The summed E-state index contributed by atoms with van der Waals surface area (Å²) in [6, 6.07) is 7.88. The molecule has 1 heterocycles. The maximum Gasteiger partial charge on any atom is 0.225 e. The molecule has 2 rings (SSSR count). The van der Waals surface area contributed by atoms with Crippen molar-refractivity contribution in [2.75, 3.05) is 13.1 Å². The van der Waals surface area contributed by atoms with Crippen LogP contribution in [-0.4, -0.2) is 35.8 Å². The van der Waals surface area contributed by atoms with Gasteiger partial charge >= 0.3 is 0 Å². The van der Waals surface area contributed by atoms with Gasteiger partial charge in [-0.3, -0.25) is 9.59 Å². The second-order valence-corrected chi connectivity index (χ2v) is 6.52. The lowest BCUT2D eigenvalue weighted by atomic mass is 10.1. The van der Waals surface area contributed by atoms with Crippen molar-refractivity contribution in [3.8, 4) is 0 Å². The first-order chi connectivity index (χ1) is 11.0. The van der Waals surface area contributed by atoms with Crippen LogP contribution >= 0.6 is 11.6 Å². The minimum absolute atomic E-state index is 0.0132. The molecule has 1 aromatic rings. The zero-order valence-corrected chi connectivity index (χ0v) is 14.6. The minimum Gasteiger partial charge on any atom is -0.355 e. The summed E-state index contributed by atoms with van der Waals surface area (Å²) in [6.07, 6.45) is 2.98. The predicted molar refractivity (Wildman–Crippen MR) is 92.4 cm³/mol. The van der Waals surface area contributed by atoms with Crippen molar-refractivity contribution in [1.29, 1.82) is 0 Å². The molecule has 0 spiro atoms. The van der Waals surface area contributed by atoms with E-state index >= 15 is 0 Å². The molecule has 5 heteroatoms. The van der Waals surface area contributed by atoms with E-state index < -0.39 is 0 Å². The van der Waals surface area contributed by atoms with Gasteiger partial charge in [0.1, 0.15) is 0 Å². The van der Waals surface area contributed by atoms with Crippen LogP contribution in [0.15, 0.2) is 24.3 Å². The summed E-state index contributed by atoms with van der Waals surface area (Å²) in [4.78, 5) is 26.3. The molecule has 1 fully saturated rings. The molecule has 0 aromatic heterocycles. The number of amides is 2. The van der Waals surface area contributed by atoms with Gasteiger partial charge in [-0.2, -0.15) is 0 Å². The number of nitrogens with zero attached hydrogens (tertiary/aromatic N) is 1. The lowest BCUT2D eigenvalue weighted by molar-refractivity contribution is -0.130. The van der Waals surface area contributed by atoms with Gasteiger partial charge in [0, 0.05) is 30.6 Å². The van der Waals surface area contributed by atoms with E-state index in [2.05, 4.69) is 19.2 Å². The summed E-state index contributed by atoms with van der Waals surface area (Å²) in [7, 11) is 0. The van der Waals surface area contributed by atoms with Gasteiger partial charge in [0.2, 0.25) is 11.8 Å². The van der Waals surface area contributed by atoms with Crippen LogP contribution in [0.1, 0.15) is 38.7 Å². The van der Waals surface area contributed by atoms with Crippen LogP contribution < -0.4 is 5.32 Å². The first-order valence-electron chi connectivity index (χ1n) is 8.36. The normalized spacial score (nSPS) is 17.8. The molecule has 1 N–H and O–H groups in total. The quantitative estimate of drug-likeness (QED) is 0.832. The zero-order valence-electron chi connectivity index (χ0n) is 13.8. The number of rotatable bonds is 7. The lowest BCUT2D eigenvalue weighted by Crippen LogP contribution is -2.38. The third kappa shape index (κ3) is 4.71. The van der Waals surface area contributed by atoms with Gasteiger partial charge in [0.15, 0.2) is 0 Å². The van der Waals surface area contributed by atoms with Gasteiger partial charge < -0.3 is 10.2 Å². The summed E-state index contributed by atoms with van der Waals surface area (Å²) < 4.78 is 0. The Morgan fingerprint density at radius 3 is 2.57 bits per heavy atom. The third-order valence-electron chi connectivity index (χ3n) is 4.54. The number of carbonyl (C=O) groups is 2. The fraction of sp³-hybridized carbons (Fsp3) is 0.556. The number of likely N-dealkylation sites (tertiary alicyclic amines) is 1. The summed E-state index contributed by atoms with van der Waals surface area (Å²) in [6.45, 7) is 5.30. The third-order valence-corrected chi connectivity index (χ3v) is 4.79. The smallest absolute Gasteiger partial charge is 0.225 e. The van der Waals surface area contributed by atoms with Crippen LogP contribution in [0.25, 0.3) is 0 Å². The van der Waals surface area contributed by atoms with Gasteiger partial charge in [-0.15, -0.1) is 0 Å². The molecule has 23 heavy (non-hydrogen) atoms. The molecule has 0 bridgehead atoms. The van der Waals surface area contributed by atoms with Crippen molar-refractivity contribution in [3.05, 3.63) is 34.9 Å². The van der Waals surface area contributed by atoms with Crippen LogP contribution in [0.2, 0.25) is 5.02 Å². The monoisotopic (exact) mass is 336 g/mol. The summed E-state index contributed by atoms with van der Waals surface area (Å²) >= 11 is 5.85. The van der Waals surface area contributed by atoms with Crippen molar-refractivity contribution < 1.29 is 9.59 Å². The molecule has 126 valence electrons. The van der Waals surface area contributed by atoms with Crippen LogP contribution in [0.3, 0.4) is 0 Å². The van der Waals surface area contributed by atoms with E-state index in [-0.39, 0.29) is 23.8 Å². The average molecular weight is 337 g/mol. The van der Waals surface area contributed by atoms with Gasteiger partial charge in [-0.1, -0.05) is 37.6 Å². The Labute approximate surface area is 143 Å². The van der Waals surface area contributed by atoms with Crippen molar-refractivity contribution in [2.45, 2.75) is 45.6 Å². The fourth-order valence-corrected chi connectivity index (χ4v) is 3.24. The molecular formula is C18H25ClN2O2. The SMILES string of the molecule is CCC(CC)N1CC(C(=O)NCCc2ccc(Cl)cc2)CC1=O. The molecular weight excluding hydrogens is 312 g/mol. The van der Waals surface area contributed by atoms with Crippen LogP contribution in [0, 0.1) is 5.92 Å². The van der Waals surface area contributed by atoms with E-state index in [1.807, 2.05) is 29.2 Å². The van der Waals surface area contributed by atoms with Crippen molar-refractivity contribution in [3.63, 3.8) is 0 Å². The lowest BCUT2D eigenvalue weighted by Gasteiger charge is -2.26. The highest BCUT2D eigenvalue weighted by molar-refractivity contribution is 6.30. The minimum atomic E-state index is -0.215. The van der Waals surface area contributed by atoms with E-state index in [4.69, 9.17) is 11.6 Å². The standard InChI is InChI=1S/C18H25ClN2O2/c1-3-16(4-2)21-12-14(11-17(21)22)18(23)20-10-9-13-5-7-15(19)8-6-13/h5-8,14,16H,3-4,9-12H2,1-2H3,(H,20,23). The van der Waals surface area contributed by atoms with Crippen LogP contribution in [0.5, 0.6) is 0 Å². The highest BCUT2D eigenvalue weighted by Crippen LogP contribution is 2.23. The summed E-state index contributed by atoms with van der Waals surface area (Å²) in [5, 5.41) is 3.66. The van der Waals surface area contributed by atoms with E-state index in [0.717, 1.165) is 24.8 Å². The zero-order chi connectivity index (χ0) is 16.8. The Hall–Kier alpha value is -1.55. The van der Waals surface area contributed by atoms with Gasteiger partial charge in [0.05, 0.1) is 5.92 Å². The number of halogens is 1. The summed E-state index contributed by atoms with van der Waals surface area (Å²) in [5.74, 6) is -0.120. The molecule has 1 saturated heterocycles. The van der Waals surface area contributed by atoms with Gasteiger partial charge in [0.25, 0.3) is 0 Å². The number of benzene rings is 1. The second-order valence-electron chi connectivity index (χ2n) is 6.08. The maximum absolute atomic E-state index is 12.3. The molecule has 1 aliphatic rings. The number of hydrogen-bond donors (Lipinski definition) is 1. The van der Waals surface area contributed by atoms with E-state index in [9.17, 15) is 9.59 Å². The molecule has 0 saturated carbocycles. The van der Waals surface area contributed by atoms with Crippen LogP contribution in [0.4, 0.5) is 0 Å². The van der Waals surface area contributed by atoms with Gasteiger partial charge in [-0.25, -0.2) is 0 Å². The largest absolute Gasteiger partial charge is 0.355 e. The first-order valence-corrected chi connectivity index (χ1v) is 8.74. The van der Waals surface area contributed by atoms with E-state index in [1.54, 1.807) is 0 Å². The van der Waals surface area contributed by atoms with E-state index in [0.29, 0.717) is 24.5 Å². The Balaban J connectivity index is 1.80. The number of nitrogens with one attached hydrogen (secondary N) is 1. The second kappa shape index (κ2) is 8.34. The Morgan fingerprint density at radius 2 is 1.96 bits per heavy atom. The Kier molecular flexibility index (Phi) is 6.46. The summed E-state index contributed by atoms with van der Waals surface area (Å²) in [5.41, 5.74) is 1.14. The van der Waals surface area contributed by atoms with Crippen molar-refractivity contribution >= 4 is 23.4 Å². The highest BCUT2D eigenvalue weighted by Gasteiger charge is 2.36. The number of hydrogen-bond acceptors (Lipinski definition) is 2. The molecule has 0 radical (unpaired) electrons. The highest BCUT2D eigenvalue weighted by atomic mass is 35.5. The molecule has 0 aliphatic carbocycles. The molecule has 1 atom stereocenters. The molecule has 1 aliphatic heterocycles. The van der Waals surface area contributed by atoms with Crippen LogP contribution in [-0.2, 0) is 16.0 Å². The predicted octanol–water partition coefficient (Wildman–Crippen LogP) is 3.04. The molecule has 4 nitrogen and oxygen atoms in total. The topological polar surface area (TPSA) is 49.4 Å². The maximum atomic E-state index is 12.3. The average Bonchev–Trinajstić information content (AvgIpc) is 2.93. The number of carbonyl (C=O) groups excluding carboxylic acids is 2. The Morgan fingerprint density at radius 1 is 1.30 bits per heavy atom.